The molecule has 1 N–H and O–H groups in total. The smallest absolute Gasteiger partial charge is 0.128 e. The molecule has 0 radical (unpaired) electrons. The van der Waals surface area contributed by atoms with Crippen LogP contribution in [0.3, 0.4) is 0 Å². The zero-order valence-electron chi connectivity index (χ0n) is 11.9. The van der Waals surface area contributed by atoms with Gasteiger partial charge in [0.25, 0.3) is 0 Å². The minimum absolute atomic E-state index is 0.314. The van der Waals surface area contributed by atoms with Gasteiger partial charge < -0.3 is 5.32 Å². The molecule has 21 heavy (non-hydrogen) atoms. The second-order valence-electron chi connectivity index (χ2n) is 4.63. The third-order valence-corrected chi connectivity index (χ3v) is 4.10. The zero-order chi connectivity index (χ0) is 15.1. The molecule has 0 fully saturated rings. The van der Waals surface area contributed by atoms with E-state index in [2.05, 4.69) is 24.4 Å². The first-order chi connectivity index (χ1) is 10.2. The number of benzene rings is 2. The van der Waals surface area contributed by atoms with Crippen molar-refractivity contribution in [2.45, 2.75) is 24.1 Å². The predicted octanol–water partition coefficient (Wildman–Crippen LogP) is 4.10. The van der Waals surface area contributed by atoms with Crippen LogP contribution in [0.4, 0.5) is 4.39 Å². The molecule has 0 spiro atoms. The van der Waals surface area contributed by atoms with Gasteiger partial charge in [-0.1, -0.05) is 25.1 Å². The largest absolute Gasteiger partial charge is 0.313 e. The van der Waals surface area contributed by atoms with Crippen molar-refractivity contribution in [1.82, 2.24) is 5.32 Å². The fourth-order valence-electron chi connectivity index (χ4n) is 1.91. The minimum Gasteiger partial charge on any atom is -0.313 e. The molecular formula is C17H17FN2S. The monoisotopic (exact) mass is 300 g/mol. The van der Waals surface area contributed by atoms with Crippen LogP contribution in [0.2, 0.25) is 0 Å². The van der Waals surface area contributed by atoms with Gasteiger partial charge in [0, 0.05) is 17.2 Å². The number of hydrogen-bond donors (Lipinski definition) is 1. The Morgan fingerprint density at radius 2 is 2.10 bits per heavy atom. The molecular weight excluding hydrogens is 283 g/mol. The van der Waals surface area contributed by atoms with Gasteiger partial charge in [-0.2, -0.15) is 5.26 Å². The molecule has 0 aliphatic heterocycles. The second-order valence-corrected chi connectivity index (χ2v) is 5.68. The van der Waals surface area contributed by atoms with Crippen molar-refractivity contribution in [1.29, 1.82) is 5.26 Å². The van der Waals surface area contributed by atoms with E-state index >= 15 is 0 Å². The molecule has 0 amide bonds. The Morgan fingerprint density at radius 1 is 1.24 bits per heavy atom. The number of nitrogens with zero attached hydrogens (tertiary/aromatic N) is 1. The number of nitriles is 1. The average molecular weight is 300 g/mol. The fourth-order valence-corrected chi connectivity index (χ4v) is 2.88. The molecule has 0 saturated carbocycles. The minimum atomic E-state index is -0.314. The summed E-state index contributed by atoms with van der Waals surface area (Å²) in [5.74, 6) is 0.243. The van der Waals surface area contributed by atoms with E-state index in [4.69, 9.17) is 5.26 Å². The van der Waals surface area contributed by atoms with Gasteiger partial charge in [-0.05, 0) is 41.9 Å². The van der Waals surface area contributed by atoms with Gasteiger partial charge in [0.05, 0.1) is 11.6 Å². The SMILES string of the molecule is CCNCc1cccc(SCc2ccc(C#N)cc2F)c1. The number of thioether (sulfide) groups is 1. The van der Waals surface area contributed by atoms with E-state index in [1.807, 2.05) is 18.2 Å². The summed E-state index contributed by atoms with van der Waals surface area (Å²) in [7, 11) is 0. The van der Waals surface area contributed by atoms with Crippen LogP contribution in [0, 0.1) is 17.1 Å². The quantitative estimate of drug-likeness (QED) is 0.816. The van der Waals surface area contributed by atoms with Crippen LogP contribution in [0.25, 0.3) is 0 Å². The first-order valence-corrected chi connectivity index (χ1v) is 7.82. The summed E-state index contributed by atoms with van der Waals surface area (Å²) in [6.07, 6.45) is 0. The molecule has 2 aromatic carbocycles. The molecule has 4 heteroatoms. The van der Waals surface area contributed by atoms with Crippen LogP contribution in [-0.4, -0.2) is 6.54 Å². The molecule has 2 rings (SSSR count). The van der Waals surface area contributed by atoms with Gasteiger partial charge in [0.15, 0.2) is 0 Å². The maximum Gasteiger partial charge on any atom is 0.128 e. The third kappa shape index (κ3) is 4.59. The molecule has 0 saturated heterocycles. The number of hydrogen-bond acceptors (Lipinski definition) is 3. The molecule has 0 atom stereocenters. The summed E-state index contributed by atoms with van der Waals surface area (Å²) < 4.78 is 13.8. The van der Waals surface area contributed by atoms with Crippen LogP contribution in [0.15, 0.2) is 47.4 Å². The Labute approximate surface area is 129 Å². The average Bonchev–Trinajstić information content (AvgIpc) is 2.52. The molecule has 0 heterocycles. The lowest BCUT2D eigenvalue weighted by atomic mass is 10.1. The fraction of sp³-hybridized carbons (Fsp3) is 0.235. The van der Waals surface area contributed by atoms with E-state index in [1.165, 1.54) is 11.6 Å². The van der Waals surface area contributed by atoms with Crippen LogP contribution >= 0.6 is 11.8 Å². The van der Waals surface area contributed by atoms with E-state index in [0.29, 0.717) is 16.9 Å². The van der Waals surface area contributed by atoms with Crippen LogP contribution in [-0.2, 0) is 12.3 Å². The highest BCUT2D eigenvalue weighted by Crippen LogP contribution is 2.25. The molecule has 2 nitrogen and oxygen atoms in total. The van der Waals surface area contributed by atoms with Crippen molar-refractivity contribution >= 4 is 11.8 Å². The van der Waals surface area contributed by atoms with Crippen molar-refractivity contribution in [2.24, 2.45) is 0 Å². The van der Waals surface area contributed by atoms with Crippen molar-refractivity contribution in [3.8, 4) is 6.07 Å². The van der Waals surface area contributed by atoms with Crippen LogP contribution in [0.5, 0.6) is 0 Å². The summed E-state index contributed by atoms with van der Waals surface area (Å²) in [5.41, 5.74) is 2.20. The first kappa shape index (κ1) is 15.6. The van der Waals surface area contributed by atoms with E-state index in [0.717, 1.165) is 18.0 Å². The van der Waals surface area contributed by atoms with Gasteiger partial charge >= 0.3 is 0 Å². The molecule has 0 aromatic heterocycles. The Bertz CT molecular complexity index is 649. The molecule has 0 aliphatic carbocycles. The topological polar surface area (TPSA) is 35.8 Å². The van der Waals surface area contributed by atoms with Gasteiger partial charge in [0.1, 0.15) is 5.82 Å². The first-order valence-electron chi connectivity index (χ1n) is 6.84. The highest BCUT2D eigenvalue weighted by atomic mass is 32.2. The number of halogens is 1. The van der Waals surface area contributed by atoms with E-state index in [-0.39, 0.29) is 5.82 Å². The van der Waals surface area contributed by atoms with Crippen LogP contribution in [0.1, 0.15) is 23.6 Å². The number of rotatable bonds is 6. The summed E-state index contributed by atoms with van der Waals surface area (Å²) in [5, 5.41) is 12.0. The van der Waals surface area contributed by atoms with E-state index in [1.54, 1.807) is 23.9 Å². The maximum absolute atomic E-state index is 13.8. The Hall–Kier alpha value is -1.83. The van der Waals surface area contributed by atoms with Gasteiger partial charge in [-0.15, -0.1) is 11.8 Å². The van der Waals surface area contributed by atoms with Gasteiger partial charge in [-0.3, -0.25) is 0 Å². The van der Waals surface area contributed by atoms with Crippen molar-refractivity contribution < 1.29 is 4.39 Å². The Balaban J connectivity index is 2.01. The Kier molecular flexibility index (Phi) is 5.79. The predicted molar refractivity (Wildman–Crippen MR) is 84.5 cm³/mol. The lowest BCUT2D eigenvalue weighted by molar-refractivity contribution is 0.617. The highest BCUT2D eigenvalue weighted by molar-refractivity contribution is 7.98. The molecule has 2 aromatic rings. The summed E-state index contributed by atoms with van der Waals surface area (Å²) in [6, 6.07) is 14.8. The van der Waals surface area contributed by atoms with Gasteiger partial charge in [0.2, 0.25) is 0 Å². The number of nitrogens with one attached hydrogen (secondary N) is 1. The molecule has 108 valence electrons. The lowest BCUT2D eigenvalue weighted by Gasteiger charge is -2.07. The summed E-state index contributed by atoms with van der Waals surface area (Å²) in [4.78, 5) is 1.12. The molecule has 0 aliphatic rings. The lowest BCUT2D eigenvalue weighted by Crippen LogP contribution is -2.11. The molecule has 0 unspecified atom stereocenters. The van der Waals surface area contributed by atoms with Gasteiger partial charge in [-0.25, -0.2) is 4.39 Å². The third-order valence-electron chi connectivity index (χ3n) is 3.05. The second kappa shape index (κ2) is 7.82. The van der Waals surface area contributed by atoms with Crippen LogP contribution < -0.4 is 5.32 Å². The summed E-state index contributed by atoms with van der Waals surface area (Å²) >= 11 is 1.60. The van der Waals surface area contributed by atoms with Crippen molar-refractivity contribution in [3.63, 3.8) is 0 Å². The normalized spacial score (nSPS) is 10.3. The maximum atomic E-state index is 13.8. The molecule has 0 bridgehead atoms. The standard InChI is InChI=1S/C17H17FN2S/c1-2-20-11-14-4-3-5-16(8-14)21-12-15-7-6-13(10-19)9-17(15)18/h3-9,20H,2,11-12H2,1H3. The van der Waals surface area contributed by atoms with E-state index in [9.17, 15) is 4.39 Å². The summed E-state index contributed by atoms with van der Waals surface area (Å²) in [6.45, 7) is 3.86. The Morgan fingerprint density at radius 3 is 2.81 bits per heavy atom. The van der Waals surface area contributed by atoms with Crippen molar-refractivity contribution in [3.05, 3.63) is 65.0 Å². The van der Waals surface area contributed by atoms with E-state index < -0.39 is 0 Å². The highest BCUT2D eigenvalue weighted by Gasteiger charge is 2.05. The van der Waals surface area contributed by atoms with Crippen molar-refractivity contribution in [2.75, 3.05) is 6.54 Å². The zero-order valence-corrected chi connectivity index (χ0v) is 12.7.